The minimum Gasteiger partial charge on any atom is -0.442 e. The molecular weight excluding hydrogens is 862 g/mol. The first-order chi connectivity index (χ1) is 32.5. The molecule has 18 nitrogen and oxygen atoms in total. The molecule has 4 aliphatic rings. The topological polar surface area (TPSA) is 218 Å². The van der Waals surface area contributed by atoms with Crippen molar-refractivity contribution >= 4 is 47.0 Å². The van der Waals surface area contributed by atoms with Gasteiger partial charge in [0.1, 0.15) is 11.9 Å². The number of nitrogens with zero attached hydrogens (tertiary/aromatic N) is 8. The number of amides is 5. The number of piperidine rings is 2. The van der Waals surface area contributed by atoms with Crippen LogP contribution in [0.3, 0.4) is 0 Å². The molecule has 0 saturated carbocycles. The summed E-state index contributed by atoms with van der Waals surface area (Å²) in [4.78, 5) is 94.5. The molecule has 19 heteroatoms. The number of halogens is 1. The minimum atomic E-state index is -1.37. The van der Waals surface area contributed by atoms with Gasteiger partial charge in [-0.05, 0) is 86.8 Å². The van der Waals surface area contributed by atoms with Gasteiger partial charge in [-0.1, -0.05) is 30.3 Å². The first kappa shape index (κ1) is 44.8. The number of rotatable bonds is 13. The predicted octanol–water partition coefficient (Wildman–Crippen LogP) is 3.84. The molecule has 0 aliphatic carbocycles. The van der Waals surface area contributed by atoms with E-state index in [2.05, 4.69) is 35.5 Å². The molecule has 6 heterocycles. The second-order valence-corrected chi connectivity index (χ2v) is 17.2. The number of aromatic nitrogens is 4. The van der Waals surface area contributed by atoms with Gasteiger partial charge in [-0.15, -0.1) is 0 Å². The average Bonchev–Trinajstić information content (AvgIpc) is 3.97. The number of fused-ring (bicyclic) bond motifs is 1. The van der Waals surface area contributed by atoms with Gasteiger partial charge in [0, 0.05) is 86.4 Å². The number of esters is 1. The number of carbonyl (C=O) groups is 6. The highest BCUT2D eigenvalue weighted by Gasteiger charge is 2.39. The van der Waals surface area contributed by atoms with Gasteiger partial charge in [0.05, 0.1) is 24.1 Å². The van der Waals surface area contributed by atoms with Crippen molar-refractivity contribution in [2.75, 3.05) is 63.4 Å². The average molecular weight is 912 g/mol. The van der Waals surface area contributed by atoms with E-state index in [9.17, 15) is 33.2 Å². The molecule has 2 aromatic heterocycles. The molecule has 4 aliphatic heterocycles. The van der Waals surface area contributed by atoms with Crippen molar-refractivity contribution in [1.82, 2.24) is 44.7 Å². The molecule has 2 atom stereocenters. The Bertz CT molecular complexity index is 2680. The summed E-state index contributed by atoms with van der Waals surface area (Å²) < 4.78 is 21.1. The van der Waals surface area contributed by atoms with E-state index in [1.807, 2.05) is 15.8 Å². The maximum atomic E-state index is 13.6. The van der Waals surface area contributed by atoms with E-state index in [4.69, 9.17) is 10.5 Å². The van der Waals surface area contributed by atoms with E-state index in [0.717, 1.165) is 58.5 Å². The van der Waals surface area contributed by atoms with Crippen molar-refractivity contribution in [3.05, 3.63) is 125 Å². The van der Waals surface area contributed by atoms with Crippen LogP contribution in [-0.2, 0) is 25.7 Å². The van der Waals surface area contributed by atoms with Gasteiger partial charge >= 0.3 is 5.97 Å². The lowest BCUT2D eigenvalue weighted by atomic mass is 10.0. The number of piperazine rings is 1. The van der Waals surface area contributed by atoms with Gasteiger partial charge in [-0.25, -0.2) is 19.2 Å². The first-order valence-corrected chi connectivity index (χ1v) is 22.5. The molecule has 9 rings (SSSR count). The Hall–Kier alpha value is -7.38. The quantitative estimate of drug-likeness (QED) is 0.113. The van der Waals surface area contributed by atoms with Crippen LogP contribution < -0.4 is 16.4 Å². The molecule has 5 amide bonds. The van der Waals surface area contributed by atoms with Crippen molar-refractivity contribution in [2.45, 2.75) is 56.8 Å². The van der Waals surface area contributed by atoms with Crippen molar-refractivity contribution in [3.8, 4) is 11.3 Å². The predicted molar refractivity (Wildman–Crippen MR) is 241 cm³/mol. The van der Waals surface area contributed by atoms with E-state index in [-0.39, 0.29) is 54.7 Å². The van der Waals surface area contributed by atoms with Crippen molar-refractivity contribution in [1.29, 1.82) is 0 Å². The third kappa shape index (κ3) is 10.1. The number of nitrogens with one attached hydrogen (secondary N) is 2. The molecule has 3 saturated heterocycles. The number of carbonyl (C=O) groups excluding carboxylic acids is 6. The zero-order chi connectivity index (χ0) is 46.6. The summed E-state index contributed by atoms with van der Waals surface area (Å²) >= 11 is 0. The summed E-state index contributed by atoms with van der Waals surface area (Å²) in [7, 11) is 0. The third-order valence-corrected chi connectivity index (χ3v) is 12.9. The molecule has 4 N–H and O–H groups in total. The highest BCUT2D eigenvalue weighted by molar-refractivity contribution is 6.06. The maximum absolute atomic E-state index is 13.6. The number of nitrogens with two attached hydrogens (primary N) is 1. The Morgan fingerprint density at radius 2 is 1.61 bits per heavy atom. The van der Waals surface area contributed by atoms with Crippen LogP contribution in [0.25, 0.3) is 11.3 Å². The molecule has 67 heavy (non-hydrogen) atoms. The van der Waals surface area contributed by atoms with Crippen LogP contribution in [0.1, 0.15) is 86.6 Å². The highest BCUT2D eigenvalue weighted by atomic mass is 19.1. The molecule has 1 unspecified atom stereocenters. The third-order valence-electron chi connectivity index (χ3n) is 12.9. The van der Waals surface area contributed by atoms with E-state index in [0.29, 0.717) is 52.3 Å². The summed E-state index contributed by atoms with van der Waals surface area (Å²) in [6.07, 6.45) is 6.92. The number of hydrogen-bond acceptors (Lipinski definition) is 13. The number of nitrogen functional groups attached to an aromatic ring is 1. The zero-order valence-electron chi connectivity index (χ0n) is 36.7. The Morgan fingerprint density at radius 3 is 2.34 bits per heavy atom. The number of likely N-dealkylation sites (tertiary alicyclic amines) is 1. The molecular formula is C48H50FN11O7. The highest BCUT2D eigenvalue weighted by Crippen LogP contribution is 2.30. The Labute approximate surface area is 385 Å². The van der Waals surface area contributed by atoms with Gasteiger partial charge in [-0.2, -0.15) is 5.10 Å². The maximum Gasteiger partial charge on any atom is 0.361 e. The molecule has 3 aromatic carbocycles. The van der Waals surface area contributed by atoms with Crippen LogP contribution in [0.15, 0.2) is 91.4 Å². The Morgan fingerprint density at radius 1 is 0.881 bits per heavy atom. The molecule has 0 bridgehead atoms. The van der Waals surface area contributed by atoms with Gasteiger partial charge < -0.3 is 30.5 Å². The largest absolute Gasteiger partial charge is 0.442 e. The van der Waals surface area contributed by atoms with Crippen molar-refractivity contribution in [3.63, 3.8) is 0 Å². The molecule has 0 spiro atoms. The second-order valence-electron chi connectivity index (χ2n) is 17.2. The fourth-order valence-electron chi connectivity index (χ4n) is 9.15. The van der Waals surface area contributed by atoms with Crippen LogP contribution in [-0.4, -0.2) is 133 Å². The van der Waals surface area contributed by atoms with E-state index >= 15 is 0 Å². The molecule has 3 fully saturated rings. The second kappa shape index (κ2) is 19.6. The summed E-state index contributed by atoms with van der Waals surface area (Å²) in [5.74, 6) is -3.34. The normalized spacial score (nSPS) is 18.6. The zero-order valence-corrected chi connectivity index (χ0v) is 36.7. The molecule has 5 aromatic rings. The SMILES string of the molecule is Nc1ncc(-c2cnn(C3CCN(CCCN4CCN(C(=O)c5ccc6c(c5)CN(C5CCC(=O)NC5=O)C6=O)CC4)CC3)c2)nc1C(=O)O[C@@H](C(=O)Nc1ccc(F)cc1)c1ccccc1. The number of anilines is 2. The van der Waals surface area contributed by atoms with Gasteiger partial charge in [-0.3, -0.25) is 38.9 Å². The first-order valence-electron chi connectivity index (χ1n) is 22.5. The number of ether oxygens (including phenoxy) is 1. The Balaban J connectivity index is 0.723. The standard InChI is InChI=1S/C48H50FN11O7/c49-34-8-10-35(11-9-34)53-45(63)42(30-5-2-1-3-6-30)67-48(66)41-43(50)51-27-38(54-41)33-26-52-60(29-33)36-15-19-56(20-16-36)17-4-18-57-21-23-58(24-22-57)46(64)31-7-12-37-32(25-31)28-59(47(37)65)39-13-14-40(61)55-44(39)62/h1-3,5-12,25-27,29,36,39,42H,4,13-24,28H2,(H2,50,51)(H,53,63)(H,55,61,62)/t39?,42-/m1/s1. The molecule has 346 valence electrons. The van der Waals surface area contributed by atoms with Crippen LogP contribution in [0.2, 0.25) is 0 Å². The number of imide groups is 1. The smallest absolute Gasteiger partial charge is 0.361 e. The fourth-order valence-corrected chi connectivity index (χ4v) is 9.15. The van der Waals surface area contributed by atoms with E-state index < -0.39 is 35.7 Å². The summed E-state index contributed by atoms with van der Waals surface area (Å²) in [6.45, 7) is 6.69. The number of benzene rings is 3. The van der Waals surface area contributed by atoms with Gasteiger partial charge in [0.2, 0.25) is 17.9 Å². The van der Waals surface area contributed by atoms with E-state index in [1.165, 1.54) is 35.4 Å². The summed E-state index contributed by atoms with van der Waals surface area (Å²) in [6, 6.07) is 18.3. The lowest BCUT2D eigenvalue weighted by Crippen LogP contribution is -2.52. The lowest BCUT2D eigenvalue weighted by Gasteiger charge is -2.36. The van der Waals surface area contributed by atoms with Gasteiger partial charge in [0.25, 0.3) is 17.7 Å². The molecule has 0 radical (unpaired) electrons. The monoisotopic (exact) mass is 911 g/mol. The van der Waals surface area contributed by atoms with Gasteiger partial charge in [0.15, 0.2) is 11.5 Å². The Kier molecular flexibility index (Phi) is 13.1. The lowest BCUT2D eigenvalue weighted by molar-refractivity contribution is -0.137. The fraction of sp³-hybridized carbons (Fsp3) is 0.354. The van der Waals surface area contributed by atoms with Crippen LogP contribution in [0.4, 0.5) is 15.9 Å². The summed E-state index contributed by atoms with van der Waals surface area (Å²) in [5, 5.41) is 9.62. The van der Waals surface area contributed by atoms with Crippen molar-refractivity contribution < 1.29 is 37.9 Å². The van der Waals surface area contributed by atoms with E-state index in [1.54, 1.807) is 54.7 Å². The van der Waals surface area contributed by atoms with Crippen LogP contribution >= 0.6 is 0 Å². The number of hydrogen-bond donors (Lipinski definition) is 3. The van der Waals surface area contributed by atoms with Crippen molar-refractivity contribution in [2.24, 2.45) is 0 Å². The minimum absolute atomic E-state index is 0.0752. The van der Waals surface area contributed by atoms with Crippen LogP contribution in [0, 0.1) is 5.82 Å². The van der Waals surface area contributed by atoms with Crippen LogP contribution in [0.5, 0.6) is 0 Å². The summed E-state index contributed by atoms with van der Waals surface area (Å²) in [5.41, 5.74) is 9.32.